The first-order valence-electron chi connectivity index (χ1n) is 3.75. The van der Waals surface area contributed by atoms with Gasteiger partial charge in [-0.1, -0.05) is 6.07 Å². The molecule has 0 aliphatic carbocycles. The molecule has 0 aromatic carbocycles. The van der Waals surface area contributed by atoms with Gasteiger partial charge in [0.05, 0.1) is 6.21 Å². The average Bonchev–Trinajstić information content (AvgIpc) is 2.76. The van der Waals surface area contributed by atoms with Crippen LogP contribution in [0.15, 0.2) is 22.6 Å². The predicted molar refractivity (Wildman–Crippen MR) is 62.1 cm³/mol. The Labute approximate surface area is 93.9 Å². The van der Waals surface area contributed by atoms with Gasteiger partial charge in [0.2, 0.25) is 9.54 Å². The van der Waals surface area contributed by atoms with Crippen LogP contribution in [-0.4, -0.2) is 21.1 Å². The number of rotatable bonds is 2. The summed E-state index contributed by atoms with van der Waals surface area (Å²) < 4.78 is 2.38. The van der Waals surface area contributed by atoms with Gasteiger partial charge in [0, 0.05) is 4.88 Å². The maximum Gasteiger partial charge on any atom is 0.215 e. The Morgan fingerprint density at radius 2 is 2.07 bits per heavy atom. The molecule has 4 nitrogen and oxygen atoms in total. The number of nitrogens with zero attached hydrogens (tertiary/aromatic N) is 2. The van der Waals surface area contributed by atoms with Crippen molar-refractivity contribution in [1.82, 2.24) is 14.9 Å². The Bertz CT molecular complexity index is 514. The maximum atomic E-state index is 4.97. The van der Waals surface area contributed by atoms with Gasteiger partial charge in [-0.3, -0.25) is 10.2 Å². The third-order valence-corrected chi connectivity index (χ3v) is 2.86. The van der Waals surface area contributed by atoms with Crippen LogP contribution in [0.25, 0.3) is 0 Å². The van der Waals surface area contributed by atoms with Crippen LogP contribution in [0, 0.1) is 9.54 Å². The highest BCUT2D eigenvalue weighted by Crippen LogP contribution is 2.04. The number of aromatic nitrogens is 3. The molecule has 7 heteroatoms. The number of thiophene rings is 1. The number of hydrogen-bond donors (Lipinski definition) is 2. The standard InChI is InChI=1S/C7H6N4S3/c12-6-9-10-7(13)11(6)8-4-5-2-1-3-14-5/h1-4H,(H,9,12)(H,10,13)/b8-4-. The highest BCUT2D eigenvalue weighted by Gasteiger charge is 1.92. The molecule has 2 N–H and O–H groups in total. The maximum absolute atomic E-state index is 4.97. The largest absolute Gasteiger partial charge is 0.273 e. The van der Waals surface area contributed by atoms with Crippen molar-refractivity contribution in [2.45, 2.75) is 0 Å². The first-order chi connectivity index (χ1) is 6.77. The second-order valence-corrected chi connectivity index (χ2v) is 4.18. The minimum absolute atomic E-state index is 0.461. The second kappa shape index (κ2) is 3.99. The smallest absolute Gasteiger partial charge is 0.215 e. The summed E-state index contributed by atoms with van der Waals surface area (Å²) in [6.45, 7) is 0. The van der Waals surface area contributed by atoms with Crippen LogP contribution >= 0.6 is 35.8 Å². The molecule has 0 aliphatic rings. The van der Waals surface area contributed by atoms with Crippen LogP contribution in [0.5, 0.6) is 0 Å². The van der Waals surface area contributed by atoms with Gasteiger partial charge in [0.1, 0.15) is 0 Å². The normalized spacial score (nSPS) is 11.1. The zero-order chi connectivity index (χ0) is 9.97. The van der Waals surface area contributed by atoms with Crippen molar-refractivity contribution in [1.29, 1.82) is 0 Å². The Morgan fingerprint density at radius 1 is 1.36 bits per heavy atom. The van der Waals surface area contributed by atoms with Gasteiger partial charge in [-0.2, -0.15) is 9.78 Å². The van der Waals surface area contributed by atoms with Crippen LogP contribution < -0.4 is 0 Å². The molecule has 0 atom stereocenters. The van der Waals surface area contributed by atoms with Gasteiger partial charge in [-0.25, -0.2) is 0 Å². The lowest BCUT2D eigenvalue weighted by molar-refractivity contribution is 0.849. The lowest BCUT2D eigenvalue weighted by Crippen LogP contribution is -1.89. The highest BCUT2D eigenvalue weighted by molar-refractivity contribution is 7.72. The zero-order valence-corrected chi connectivity index (χ0v) is 9.38. The third kappa shape index (κ3) is 1.89. The molecule has 0 bridgehead atoms. The molecule has 14 heavy (non-hydrogen) atoms. The molecule has 0 spiro atoms. The van der Waals surface area contributed by atoms with E-state index in [1.807, 2.05) is 17.5 Å². The number of H-pyrrole nitrogens is 2. The van der Waals surface area contributed by atoms with Crippen molar-refractivity contribution in [2.75, 3.05) is 0 Å². The zero-order valence-electron chi connectivity index (χ0n) is 6.93. The van der Waals surface area contributed by atoms with E-state index in [1.165, 1.54) is 4.68 Å². The van der Waals surface area contributed by atoms with Gasteiger partial charge >= 0.3 is 0 Å². The summed E-state index contributed by atoms with van der Waals surface area (Å²) in [5.41, 5.74) is 0. The predicted octanol–water partition coefficient (Wildman–Crippen LogP) is 2.55. The van der Waals surface area contributed by atoms with E-state index in [9.17, 15) is 0 Å². The molecule has 0 saturated heterocycles. The minimum Gasteiger partial charge on any atom is -0.273 e. The molecular formula is C7H6N4S3. The second-order valence-electron chi connectivity index (χ2n) is 2.43. The highest BCUT2D eigenvalue weighted by atomic mass is 32.1. The lowest BCUT2D eigenvalue weighted by atomic mass is 10.5. The summed E-state index contributed by atoms with van der Waals surface area (Å²) in [4.78, 5) is 1.06. The van der Waals surface area contributed by atoms with E-state index in [1.54, 1.807) is 17.6 Å². The van der Waals surface area contributed by atoms with Crippen LogP contribution in [-0.2, 0) is 0 Å². The molecule has 0 unspecified atom stereocenters. The van der Waals surface area contributed by atoms with Gasteiger partial charge in [0.15, 0.2) is 0 Å². The fourth-order valence-corrected chi connectivity index (χ4v) is 1.91. The Kier molecular flexibility index (Phi) is 2.71. The summed E-state index contributed by atoms with van der Waals surface area (Å²) >= 11 is 11.5. The van der Waals surface area contributed by atoms with Crippen LogP contribution in [0.3, 0.4) is 0 Å². The molecule has 72 valence electrons. The van der Waals surface area contributed by atoms with E-state index in [0.717, 1.165) is 4.88 Å². The monoisotopic (exact) mass is 242 g/mol. The van der Waals surface area contributed by atoms with Crippen molar-refractivity contribution in [2.24, 2.45) is 5.10 Å². The number of nitrogens with one attached hydrogen (secondary N) is 2. The van der Waals surface area contributed by atoms with Gasteiger partial charge in [-0.15, -0.1) is 11.3 Å². The third-order valence-electron chi connectivity index (χ3n) is 1.50. The number of aromatic amines is 2. The number of hydrogen-bond acceptors (Lipinski definition) is 4. The van der Waals surface area contributed by atoms with E-state index in [0.29, 0.717) is 9.54 Å². The van der Waals surface area contributed by atoms with E-state index >= 15 is 0 Å². The molecule has 0 amide bonds. The molecule has 2 aromatic rings. The average molecular weight is 242 g/mol. The van der Waals surface area contributed by atoms with Crippen LogP contribution in [0.1, 0.15) is 4.88 Å². The van der Waals surface area contributed by atoms with Crippen molar-refractivity contribution in [3.63, 3.8) is 0 Å². The molecule has 2 aromatic heterocycles. The molecule has 0 saturated carbocycles. The van der Waals surface area contributed by atoms with Crippen molar-refractivity contribution in [3.8, 4) is 0 Å². The Morgan fingerprint density at radius 3 is 2.64 bits per heavy atom. The Balaban J connectivity index is 2.36. The summed E-state index contributed by atoms with van der Waals surface area (Å²) in [6, 6.07) is 3.93. The lowest BCUT2D eigenvalue weighted by Gasteiger charge is -1.87. The topological polar surface area (TPSA) is 48.9 Å². The summed E-state index contributed by atoms with van der Waals surface area (Å²) in [5.74, 6) is 0. The first-order valence-corrected chi connectivity index (χ1v) is 5.44. The van der Waals surface area contributed by atoms with E-state index in [4.69, 9.17) is 24.4 Å². The van der Waals surface area contributed by atoms with Crippen molar-refractivity contribution < 1.29 is 0 Å². The van der Waals surface area contributed by atoms with E-state index in [2.05, 4.69) is 15.3 Å². The van der Waals surface area contributed by atoms with Crippen molar-refractivity contribution >= 4 is 42.0 Å². The summed E-state index contributed by atoms with van der Waals surface area (Å²) in [5, 5.41) is 11.5. The quantitative estimate of drug-likeness (QED) is 0.628. The minimum atomic E-state index is 0.461. The molecule has 2 heterocycles. The fourth-order valence-electron chi connectivity index (χ4n) is 0.889. The molecule has 0 radical (unpaired) electrons. The first kappa shape index (κ1) is 9.50. The van der Waals surface area contributed by atoms with Crippen LogP contribution in [0.2, 0.25) is 0 Å². The SMILES string of the molecule is S=c1[nH][nH]c(=S)n1/N=C\c1cccs1. The molecular weight excluding hydrogens is 236 g/mol. The molecule has 2 rings (SSSR count). The molecule has 0 aliphatic heterocycles. The van der Waals surface area contributed by atoms with E-state index < -0.39 is 0 Å². The van der Waals surface area contributed by atoms with Gasteiger partial charge in [0.25, 0.3) is 0 Å². The van der Waals surface area contributed by atoms with Crippen LogP contribution in [0.4, 0.5) is 0 Å². The van der Waals surface area contributed by atoms with Gasteiger partial charge in [-0.05, 0) is 35.9 Å². The van der Waals surface area contributed by atoms with Gasteiger partial charge < -0.3 is 0 Å². The summed E-state index contributed by atoms with van der Waals surface area (Å²) in [7, 11) is 0. The fraction of sp³-hybridized carbons (Fsp3) is 0. The van der Waals surface area contributed by atoms with E-state index in [-0.39, 0.29) is 0 Å². The Hall–Kier alpha value is -1.05. The van der Waals surface area contributed by atoms with Crippen molar-refractivity contribution in [3.05, 3.63) is 31.9 Å². The summed E-state index contributed by atoms with van der Waals surface area (Å²) in [6.07, 6.45) is 1.72. The molecule has 0 fully saturated rings.